The SMILES string of the molecule is CCC(C)NC(=O)C(CC)N(Cc1ccc(Cl)c(Cl)c1)C(=O)CN(c1ccc(F)cc1)S(=O)(=O)c1ccc2c(c1)OCCO2. The lowest BCUT2D eigenvalue weighted by atomic mass is 10.1. The van der Waals surface area contributed by atoms with Crippen molar-refractivity contribution in [3.05, 3.63) is 82.1 Å². The average molecular weight is 667 g/mol. The van der Waals surface area contributed by atoms with Gasteiger partial charge < -0.3 is 19.7 Å². The smallest absolute Gasteiger partial charge is 0.264 e. The molecule has 2 amide bonds. The van der Waals surface area contributed by atoms with Crippen molar-refractivity contribution in [2.45, 2.75) is 57.1 Å². The van der Waals surface area contributed by atoms with Crippen molar-refractivity contribution in [3.63, 3.8) is 0 Å². The van der Waals surface area contributed by atoms with Crippen LogP contribution in [0.1, 0.15) is 39.2 Å². The molecule has 1 aliphatic rings. The third kappa shape index (κ3) is 7.75. The fraction of sp³-hybridized carbons (Fsp3) is 0.355. The number of nitrogens with zero attached hydrogens (tertiary/aromatic N) is 2. The van der Waals surface area contributed by atoms with Gasteiger partial charge in [-0.1, -0.05) is 43.1 Å². The Labute approximate surface area is 266 Å². The van der Waals surface area contributed by atoms with Gasteiger partial charge >= 0.3 is 0 Å². The lowest BCUT2D eigenvalue weighted by Crippen LogP contribution is -2.53. The number of fused-ring (bicyclic) bond motifs is 1. The maximum atomic E-state index is 14.2. The largest absolute Gasteiger partial charge is 0.486 e. The molecule has 0 bridgehead atoms. The van der Waals surface area contributed by atoms with Crippen LogP contribution in [0.15, 0.2) is 65.6 Å². The molecule has 0 saturated heterocycles. The van der Waals surface area contributed by atoms with Gasteiger partial charge in [-0.05, 0) is 73.9 Å². The molecule has 2 unspecified atom stereocenters. The Kier molecular flexibility index (Phi) is 11.0. The van der Waals surface area contributed by atoms with Crippen molar-refractivity contribution in [3.8, 4) is 11.5 Å². The molecular formula is C31H34Cl2FN3O6S. The first kappa shape index (κ1) is 33.4. The Hall–Kier alpha value is -3.54. The number of hydrogen-bond acceptors (Lipinski definition) is 6. The molecule has 0 saturated carbocycles. The van der Waals surface area contributed by atoms with E-state index in [1.165, 1.54) is 35.2 Å². The van der Waals surface area contributed by atoms with Crippen molar-refractivity contribution < 1.29 is 31.9 Å². The molecule has 44 heavy (non-hydrogen) atoms. The van der Waals surface area contributed by atoms with Gasteiger partial charge in [-0.3, -0.25) is 13.9 Å². The van der Waals surface area contributed by atoms with Crippen molar-refractivity contribution >= 4 is 50.7 Å². The summed E-state index contributed by atoms with van der Waals surface area (Å²) in [6.45, 7) is 5.38. The first-order valence-corrected chi connectivity index (χ1v) is 16.4. The van der Waals surface area contributed by atoms with Crippen LogP contribution in [0, 0.1) is 5.82 Å². The number of carbonyl (C=O) groups excluding carboxylic acids is 2. The zero-order valence-electron chi connectivity index (χ0n) is 24.6. The van der Waals surface area contributed by atoms with Gasteiger partial charge in [0.1, 0.15) is 31.6 Å². The predicted octanol–water partition coefficient (Wildman–Crippen LogP) is 5.82. The van der Waals surface area contributed by atoms with E-state index in [1.54, 1.807) is 25.1 Å². The summed E-state index contributed by atoms with van der Waals surface area (Å²) in [7, 11) is -4.40. The summed E-state index contributed by atoms with van der Waals surface area (Å²) in [5.74, 6) is -0.973. The summed E-state index contributed by atoms with van der Waals surface area (Å²) in [5.41, 5.74) is 0.645. The number of amides is 2. The van der Waals surface area contributed by atoms with Crippen LogP contribution in [0.2, 0.25) is 10.0 Å². The number of nitrogens with one attached hydrogen (secondary N) is 1. The van der Waals surface area contributed by atoms with Crippen LogP contribution >= 0.6 is 23.2 Å². The zero-order valence-corrected chi connectivity index (χ0v) is 26.9. The topological polar surface area (TPSA) is 105 Å². The number of hydrogen-bond donors (Lipinski definition) is 1. The molecule has 13 heteroatoms. The van der Waals surface area contributed by atoms with E-state index in [4.69, 9.17) is 32.7 Å². The highest BCUT2D eigenvalue weighted by Gasteiger charge is 2.34. The summed E-state index contributed by atoms with van der Waals surface area (Å²) in [6.07, 6.45) is 0.926. The fourth-order valence-corrected chi connectivity index (χ4v) is 6.39. The van der Waals surface area contributed by atoms with Gasteiger partial charge in [0.05, 0.1) is 20.6 Å². The van der Waals surface area contributed by atoms with Crippen molar-refractivity contribution in [2.75, 3.05) is 24.1 Å². The molecule has 236 valence electrons. The quantitative estimate of drug-likeness (QED) is 0.261. The fourth-order valence-electron chi connectivity index (χ4n) is 4.64. The van der Waals surface area contributed by atoms with E-state index < -0.39 is 34.3 Å². The summed E-state index contributed by atoms with van der Waals surface area (Å²) in [4.78, 5) is 28.8. The Morgan fingerprint density at radius 3 is 2.25 bits per heavy atom. The highest BCUT2D eigenvalue weighted by atomic mass is 35.5. The summed E-state index contributed by atoms with van der Waals surface area (Å²) in [6, 6.07) is 12.7. The summed E-state index contributed by atoms with van der Waals surface area (Å²) < 4.78 is 54.1. The van der Waals surface area contributed by atoms with Gasteiger partial charge in [-0.25, -0.2) is 12.8 Å². The van der Waals surface area contributed by atoms with Crippen molar-refractivity contribution in [1.82, 2.24) is 10.2 Å². The van der Waals surface area contributed by atoms with E-state index >= 15 is 0 Å². The molecule has 2 atom stereocenters. The monoisotopic (exact) mass is 665 g/mol. The minimum Gasteiger partial charge on any atom is -0.486 e. The number of carbonyl (C=O) groups is 2. The van der Waals surface area contributed by atoms with Gasteiger partial charge in [-0.2, -0.15) is 0 Å². The zero-order chi connectivity index (χ0) is 32.0. The molecule has 0 aliphatic carbocycles. The number of ether oxygens (including phenoxy) is 2. The normalized spacial score (nSPS) is 14.0. The number of rotatable bonds is 12. The molecule has 3 aromatic rings. The highest BCUT2D eigenvalue weighted by Crippen LogP contribution is 2.34. The average Bonchev–Trinajstić information content (AvgIpc) is 3.01. The number of sulfonamides is 1. The van der Waals surface area contributed by atoms with E-state index in [0.29, 0.717) is 29.4 Å². The Morgan fingerprint density at radius 1 is 0.932 bits per heavy atom. The molecule has 0 aromatic heterocycles. The number of benzene rings is 3. The maximum Gasteiger partial charge on any atom is 0.264 e. The Morgan fingerprint density at radius 2 is 1.61 bits per heavy atom. The van der Waals surface area contributed by atoms with Crippen LogP contribution in [-0.2, 0) is 26.2 Å². The minimum absolute atomic E-state index is 0.0521. The number of halogens is 3. The molecule has 1 aliphatic heterocycles. The molecular weight excluding hydrogens is 632 g/mol. The van der Waals surface area contributed by atoms with E-state index in [2.05, 4.69) is 5.32 Å². The highest BCUT2D eigenvalue weighted by molar-refractivity contribution is 7.92. The molecule has 0 spiro atoms. The van der Waals surface area contributed by atoms with Crippen LogP contribution in [0.5, 0.6) is 11.5 Å². The van der Waals surface area contributed by atoms with E-state index in [9.17, 15) is 22.4 Å². The van der Waals surface area contributed by atoms with Gasteiger partial charge in [0.2, 0.25) is 11.8 Å². The summed E-state index contributed by atoms with van der Waals surface area (Å²) in [5, 5.41) is 3.51. The van der Waals surface area contributed by atoms with Crippen molar-refractivity contribution in [1.29, 1.82) is 0 Å². The van der Waals surface area contributed by atoms with Gasteiger partial charge in [0.15, 0.2) is 11.5 Å². The van der Waals surface area contributed by atoms with Crippen LogP contribution in [0.3, 0.4) is 0 Å². The third-order valence-electron chi connectivity index (χ3n) is 7.22. The predicted molar refractivity (Wildman–Crippen MR) is 167 cm³/mol. The molecule has 9 nitrogen and oxygen atoms in total. The van der Waals surface area contributed by atoms with Crippen LogP contribution in [0.25, 0.3) is 0 Å². The summed E-state index contributed by atoms with van der Waals surface area (Å²) >= 11 is 12.3. The standard InChI is InChI=1S/C31H34Cl2FN3O6S/c1-4-20(3)35-31(39)27(5-2)36(18-21-6-12-25(32)26(33)16-21)30(38)19-37(23-9-7-22(34)8-10-23)44(40,41)24-11-13-28-29(17-24)43-15-14-42-28/h6-13,16-17,20,27H,4-5,14-15,18-19H2,1-3H3,(H,35,39). The Balaban J connectivity index is 1.75. The molecule has 0 fully saturated rings. The lowest BCUT2D eigenvalue weighted by Gasteiger charge is -2.34. The van der Waals surface area contributed by atoms with E-state index in [0.717, 1.165) is 16.4 Å². The van der Waals surface area contributed by atoms with Gasteiger partial charge in [-0.15, -0.1) is 0 Å². The third-order valence-corrected chi connectivity index (χ3v) is 9.73. The van der Waals surface area contributed by atoms with Gasteiger partial charge in [0, 0.05) is 18.7 Å². The molecule has 1 heterocycles. The first-order valence-electron chi connectivity index (χ1n) is 14.2. The minimum atomic E-state index is -4.40. The van der Waals surface area contributed by atoms with Crippen LogP contribution < -0.4 is 19.1 Å². The second-order valence-electron chi connectivity index (χ2n) is 10.3. The van der Waals surface area contributed by atoms with Crippen LogP contribution in [0.4, 0.5) is 10.1 Å². The molecule has 1 N–H and O–H groups in total. The second-order valence-corrected chi connectivity index (χ2v) is 13.0. The van der Waals surface area contributed by atoms with Crippen LogP contribution in [-0.4, -0.2) is 57.0 Å². The number of anilines is 1. The van der Waals surface area contributed by atoms with Crippen molar-refractivity contribution in [2.24, 2.45) is 0 Å². The van der Waals surface area contributed by atoms with E-state index in [1.807, 2.05) is 13.8 Å². The first-order chi connectivity index (χ1) is 20.9. The van der Waals surface area contributed by atoms with E-state index in [-0.39, 0.29) is 52.9 Å². The maximum absolute atomic E-state index is 14.2. The Bertz CT molecular complexity index is 1610. The second kappa shape index (κ2) is 14.5. The van der Waals surface area contributed by atoms with Gasteiger partial charge in [0.25, 0.3) is 10.0 Å². The molecule has 4 rings (SSSR count). The lowest BCUT2D eigenvalue weighted by molar-refractivity contribution is -0.140. The molecule has 3 aromatic carbocycles. The molecule has 0 radical (unpaired) electrons.